The number of carbonyl (C=O) groups is 8. The minimum atomic E-state index is -2.11. The molecule has 828 valence electrons. The second-order valence-corrected chi connectivity index (χ2v) is 68.0. The highest BCUT2D eigenvalue weighted by molar-refractivity contribution is 6.75. The monoisotopic (exact) mass is 2140 g/mol. The molecule has 2 aliphatic carbocycles. The van der Waals surface area contributed by atoms with Crippen molar-refractivity contribution in [2.24, 2.45) is 10.8 Å². The molecule has 30 nitrogen and oxygen atoms in total. The first kappa shape index (κ1) is 124. The lowest BCUT2D eigenvalue weighted by Gasteiger charge is -2.39. The molecule has 4 saturated heterocycles. The molecule has 6 aromatic rings. The number of hydrogen-bond acceptors (Lipinski definition) is 23. The second-order valence-electron chi connectivity index (χ2n) is 48.8. The summed E-state index contributed by atoms with van der Waals surface area (Å²) < 4.78 is 81.1. The molecule has 6 aromatic carbocycles. The fourth-order valence-corrected chi connectivity index (χ4v) is 22.2. The third-order valence-electron chi connectivity index (χ3n) is 31.7. The van der Waals surface area contributed by atoms with Gasteiger partial charge in [-0.3, -0.25) is 24.3 Å². The normalized spacial score (nSPS) is 21.0. The van der Waals surface area contributed by atoms with Gasteiger partial charge in [-0.15, -0.1) is 0 Å². The van der Waals surface area contributed by atoms with Crippen molar-refractivity contribution in [3.05, 3.63) is 164 Å². The van der Waals surface area contributed by atoms with Crippen molar-refractivity contribution in [1.29, 1.82) is 0 Å². The summed E-state index contributed by atoms with van der Waals surface area (Å²) in [6, 6.07) is 33.8. The number of carboxylic acid groups (broad SMARTS) is 1. The number of methoxy groups -OCH3 is 5. The van der Waals surface area contributed by atoms with Crippen LogP contribution in [0, 0.1) is 10.8 Å². The Morgan fingerprint density at radius 3 is 1.03 bits per heavy atom. The van der Waals surface area contributed by atoms with E-state index in [1.54, 1.807) is 78.3 Å². The Kier molecular flexibility index (Phi) is 43.3. The molecule has 0 radical (unpaired) electrons. The van der Waals surface area contributed by atoms with Crippen LogP contribution in [0.3, 0.4) is 0 Å². The van der Waals surface area contributed by atoms with Crippen LogP contribution < -0.4 is 24.8 Å². The van der Waals surface area contributed by atoms with Crippen LogP contribution in [-0.2, 0) is 82.0 Å². The molecular formula is C115H178N6O24Si4. The number of nitrogens with zero attached hydrogens (tertiary/aromatic N) is 4. The molecule has 0 spiro atoms. The average molecular weight is 2140 g/mol. The lowest BCUT2D eigenvalue weighted by atomic mass is 9.85. The molecule has 6 fully saturated rings. The molecular weight excluding hydrogens is 1960 g/mol. The SMILES string of the molecule is C=CCOC(=O)N1CC(=O)C[C@H]1CO[Si](C)(C)C(C)(C)C.C=CCOC(=O)N1C[C@](O)(c2ccc3cc(OC)ccc3c2)C[C@H]1CO[Si](C)(C)C(C)(C)C.C=CCOC(=O)N1C[C@](OC)(c2ccc3cc(OC)ccc3c2)C[C@H]1CO[Si](C)(C)C(C)(C)C.CC(C)(C)[C@H](NC(=O)OC1CCCC1)C(=O)O.COc1ccc2cc([C@]3(OC)C[C@@H](CO[Si](C)(C)C(C)(C)C)N(C(=O)[C@@H](NC(=O)OC4CCCC4)C(C)(C)C)C3)ccc2c1. The lowest BCUT2D eigenvalue weighted by molar-refractivity contribution is -0.142. The molecule has 4 aliphatic heterocycles. The zero-order valence-electron chi connectivity index (χ0n) is 95.3. The molecule has 4 N–H and O–H groups in total. The minimum absolute atomic E-state index is 0.0255. The maximum absolute atomic E-state index is 14.6. The number of fused-ring (bicyclic) bond motifs is 3. The summed E-state index contributed by atoms with van der Waals surface area (Å²) in [5.74, 6) is 1.28. The first-order valence-corrected chi connectivity index (χ1v) is 64.1. The maximum Gasteiger partial charge on any atom is 0.410 e. The van der Waals surface area contributed by atoms with Gasteiger partial charge in [-0.25, -0.2) is 28.8 Å². The van der Waals surface area contributed by atoms with Gasteiger partial charge in [0.15, 0.2) is 39.1 Å². The molecule has 2 saturated carbocycles. The smallest absolute Gasteiger partial charge is 0.410 e. The zero-order valence-corrected chi connectivity index (χ0v) is 99.3. The highest BCUT2D eigenvalue weighted by Crippen LogP contribution is 2.49. The standard InChI is InChI=1S/C35H54N2O6Si.C27H39NO5Si.C26H37NO5Si.C15H27NO4Si.C12H21NO4/c1-33(2,3)30(36-32(39)43-28-13-11-12-14-28)31(38)37-23-35(41-8,21-27(37)22-42-44(9,10)34(4,5)6)26-17-15-25-20-29(40-7)18-16-24(25)19-26;1-9-14-32-25(29)28-19-27(31-6,17-23(28)18-33-34(7,8)26(2,3)4)22-12-10-21-16-24(30-5)13-11-20(21)15-22;1-8-13-31-24(28)27-18-26(29,16-22(27)17-32-33(6,7)25(2,3)4)21-11-9-20-15-23(30-5)12-10-19(20)14-21;1-7-8-19-14(18)16-10-13(17)9-12(16)11-20-21(5,6)15(2,3)4;1-12(2,3)9(10(14)15)13-11(16)17-8-6-4-5-7-8/h15-20,27-28,30H,11-14,21-23H2,1-10H3,(H,36,39);9-13,15-16,23H,1,14,17-19H2,2-8H3;8-12,14-15,22,29H,1,13,16-18H2,2-7H3;7,12H,1,8-11H2,2-6H3;8-9H,4-7H2,1-3H3,(H,13,16)(H,14,15)/t27-,30+,35-;23-,27-;22-,26-;12-;9-/m00001/s1. The van der Waals surface area contributed by atoms with E-state index in [4.69, 9.17) is 70.2 Å². The summed E-state index contributed by atoms with van der Waals surface area (Å²) in [7, 11) is 0.392. The number of hydrogen-bond donors (Lipinski definition) is 4. The number of ketones is 1. The molecule has 34 heteroatoms. The van der Waals surface area contributed by atoms with Gasteiger partial charge in [-0.1, -0.05) is 217 Å². The minimum Gasteiger partial charge on any atom is -0.497 e. The number of Topliss-reactive ketones (excluding diaryl/α,β-unsaturated/α-hetero) is 1. The molecule has 0 unspecified atom stereocenters. The number of β-amino-alcohol motifs (C(OH)–C–C–N with tert-alkyl or cyclic N) is 1. The average Bonchev–Trinajstić information content (AvgIpc) is 1.61. The topological polar surface area (TPSA) is 343 Å². The molecule has 0 bridgehead atoms. The van der Waals surface area contributed by atoms with Crippen LogP contribution in [0.4, 0.5) is 24.0 Å². The van der Waals surface area contributed by atoms with Crippen molar-refractivity contribution in [2.75, 3.05) is 108 Å². The zero-order chi connectivity index (χ0) is 111. The van der Waals surface area contributed by atoms with Crippen molar-refractivity contribution in [3.63, 3.8) is 0 Å². The number of aliphatic hydroxyl groups is 1. The number of alkyl carbamates (subject to hydrolysis) is 2. The second kappa shape index (κ2) is 51.8. The molecule has 4 heterocycles. The molecule has 9 atom stereocenters. The Morgan fingerprint density at radius 1 is 0.403 bits per heavy atom. The Hall–Kier alpha value is -9.73. The lowest BCUT2D eigenvalue weighted by Crippen LogP contribution is -2.57. The van der Waals surface area contributed by atoms with E-state index >= 15 is 0 Å². The number of benzene rings is 6. The van der Waals surface area contributed by atoms with Gasteiger partial charge < -0.3 is 90.8 Å². The Balaban J connectivity index is 0.000000235. The highest BCUT2D eigenvalue weighted by Gasteiger charge is 2.55. The molecule has 149 heavy (non-hydrogen) atoms. The van der Waals surface area contributed by atoms with Crippen molar-refractivity contribution in [2.45, 2.75) is 339 Å². The largest absolute Gasteiger partial charge is 0.497 e. The van der Waals surface area contributed by atoms with Gasteiger partial charge in [0.25, 0.3) is 0 Å². The quantitative estimate of drug-likeness (QED) is 0.0173. The number of nitrogens with one attached hydrogen (secondary N) is 2. The van der Waals surface area contributed by atoms with Crippen LogP contribution in [0.15, 0.2) is 147 Å². The number of rotatable bonds is 32. The molecule has 0 aromatic heterocycles. The summed E-state index contributed by atoms with van der Waals surface area (Å²) in [6.45, 7) is 69.0. The van der Waals surface area contributed by atoms with E-state index in [0.29, 0.717) is 65.2 Å². The fourth-order valence-electron chi connectivity index (χ4n) is 18.0. The Bertz CT molecular complexity index is 5550. The number of likely N-dealkylation sites (tertiary alicyclic amines) is 4. The van der Waals surface area contributed by atoms with E-state index in [9.17, 15) is 43.5 Å². The summed E-state index contributed by atoms with van der Waals surface area (Å²) in [6.07, 6.45) is 11.7. The molecule has 6 aliphatic rings. The Labute approximate surface area is 891 Å². The third kappa shape index (κ3) is 33.2. The summed E-state index contributed by atoms with van der Waals surface area (Å²) in [5.41, 5.74) is -0.854. The van der Waals surface area contributed by atoms with E-state index in [1.165, 1.54) is 11.0 Å². The third-order valence-corrected chi connectivity index (χ3v) is 49.7. The maximum atomic E-state index is 14.6. The van der Waals surface area contributed by atoms with E-state index in [1.807, 2.05) is 98.5 Å². The van der Waals surface area contributed by atoms with Gasteiger partial charge in [0.1, 0.15) is 78.2 Å². The predicted octanol–water partition coefficient (Wildman–Crippen LogP) is 24.1. The number of ether oxygens (including phenoxy) is 10. The van der Waals surface area contributed by atoms with Gasteiger partial charge >= 0.3 is 36.4 Å². The van der Waals surface area contributed by atoms with E-state index in [0.717, 1.165) is 118 Å². The van der Waals surface area contributed by atoms with Gasteiger partial charge in [0.05, 0.1) is 98.1 Å². The van der Waals surface area contributed by atoms with E-state index in [-0.39, 0.29) is 107 Å². The van der Waals surface area contributed by atoms with Crippen molar-refractivity contribution in [3.8, 4) is 17.2 Å². The molecule has 6 amide bonds. The van der Waals surface area contributed by atoms with Crippen molar-refractivity contribution < 1.29 is 114 Å². The van der Waals surface area contributed by atoms with Crippen LogP contribution in [0.5, 0.6) is 17.2 Å². The van der Waals surface area contributed by atoms with E-state index < -0.39 is 103 Å². The van der Waals surface area contributed by atoms with Crippen molar-refractivity contribution in [1.82, 2.24) is 30.2 Å². The van der Waals surface area contributed by atoms with Gasteiger partial charge in [-0.2, -0.15) is 0 Å². The van der Waals surface area contributed by atoms with Gasteiger partial charge in [0.2, 0.25) is 5.91 Å². The number of carboxylic acids is 1. The predicted molar refractivity (Wildman–Crippen MR) is 598 cm³/mol. The van der Waals surface area contributed by atoms with Gasteiger partial charge in [0, 0.05) is 39.9 Å². The fraction of sp³-hybridized carbons (Fsp3) is 0.617. The van der Waals surface area contributed by atoms with Crippen molar-refractivity contribution >= 4 is 114 Å². The highest BCUT2D eigenvalue weighted by atomic mass is 28.4. The Morgan fingerprint density at radius 2 is 0.698 bits per heavy atom. The van der Waals surface area contributed by atoms with Crippen LogP contribution in [0.25, 0.3) is 32.3 Å². The summed E-state index contributed by atoms with van der Waals surface area (Å²) in [4.78, 5) is 106. The van der Waals surface area contributed by atoms with Crippen LogP contribution in [-0.4, -0.2) is 268 Å². The molecule has 12 rings (SSSR count). The van der Waals surface area contributed by atoms with Gasteiger partial charge in [-0.05, 0) is 238 Å². The summed E-state index contributed by atoms with van der Waals surface area (Å²) in [5, 5.41) is 32.7. The number of amides is 6. The van der Waals surface area contributed by atoms with Crippen LogP contribution in [0.2, 0.25) is 72.5 Å². The number of carbonyl (C=O) groups excluding carboxylic acids is 7. The first-order valence-electron chi connectivity index (χ1n) is 52.5. The summed E-state index contributed by atoms with van der Waals surface area (Å²) >= 11 is 0. The number of aliphatic carboxylic acids is 1. The van der Waals surface area contributed by atoms with Crippen LogP contribution >= 0.6 is 0 Å². The first-order chi connectivity index (χ1) is 69.2. The van der Waals surface area contributed by atoms with Crippen LogP contribution in [0.1, 0.15) is 218 Å². The van der Waals surface area contributed by atoms with E-state index in [2.05, 4.69) is 202 Å².